The molecule has 0 aliphatic rings. The van der Waals surface area contributed by atoms with Gasteiger partial charge in [0.25, 0.3) is 0 Å². The third-order valence-electron chi connectivity index (χ3n) is 1.97. The Balaban J connectivity index is 2.98. The van der Waals surface area contributed by atoms with Crippen molar-refractivity contribution >= 4 is 23.3 Å². The molecule has 3 amide bonds. The summed E-state index contributed by atoms with van der Waals surface area (Å²) in [6, 6.07) is 7.49. The van der Waals surface area contributed by atoms with Gasteiger partial charge in [-0.3, -0.25) is 4.79 Å². The van der Waals surface area contributed by atoms with Crippen LogP contribution in [0.5, 0.6) is 0 Å². The van der Waals surface area contributed by atoms with Gasteiger partial charge in [-0.15, -0.1) is 0 Å². The lowest BCUT2D eigenvalue weighted by Gasteiger charge is -2.19. The maximum Gasteiger partial charge on any atom is 0.329 e. The summed E-state index contributed by atoms with van der Waals surface area (Å²) in [7, 11) is 0. The van der Waals surface area contributed by atoms with Gasteiger partial charge in [-0.25, -0.2) is 9.69 Å². The minimum Gasteiger partial charge on any atom is -0.399 e. The summed E-state index contributed by atoms with van der Waals surface area (Å²) in [6.07, 6.45) is 0. The Morgan fingerprint density at radius 3 is 2.76 bits per heavy atom. The van der Waals surface area contributed by atoms with E-state index in [1.165, 1.54) is 13.0 Å². The minimum absolute atomic E-state index is 0.162. The molecule has 3 N–H and O–H groups in total. The number of hydrogen-bond acceptors (Lipinski definition) is 4. The highest BCUT2D eigenvalue weighted by atomic mass is 16.2. The number of nitrogens with zero attached hydrogens (tertiary/aromatic N) is 2. The van der Waals surface area contributed by atoms with Crippen LogP contribution in [0.15, 0.2) is 24.3 Å². The summed E-state index contributed by atoms with van der Waals surface area (Å²) < 4.78 is 0. The number of nitrogen functional groups attached to an aromatic ring is 1. The van der Waals surface area contributed by atoms with E-state index in [9.17, 15) is 9.59 Å². The molecule has 0 bridgehead atoms. The molecule has 0 radical (unpaired) electrons. The maximum atomic E-state index is 11.7. The van der Waals surface area contributed by atoms with Crippen LogP contribution in [-0.2, 0) is 4.79 Å². The van der Waals surface area contributed by atoms with Crippen LogP contribution in [0.25, 0.3) is 0 Å². The highest BCUT2D eigenvalue weighted by Gasteiger charge is 2.19. The molecular formula is C11H12N4O2. The molecule has 0 heterocycles. The molecule has 0 atom stereocenters. The van der Waals surface area contributed by atoms with E-state index >= 15 is 0 Å². The number of imide groups is 1. The first-order chi connectivity index (χ1) is 8.06. The Labute approximate surface area is 98.6 Å². The molecule has 1 aromatic rings. The van der Waals surface area contributed by atoms with Gasteiger partial charge in [-0.05, 0) is 18.2 Å². The number of benzene rings is 1. The molecule has 1 rings (SSSR count). The van der Waals surface area contributed by atoms with Crippen molar-refractivity contribution in [2.24, 2.45) is 0 Å². The van der Waals surface area contributed by atoms with Crippen molar-refractivity contribution in [1.29, 1.82) is 5.26 Å². The van der Waals surface area contributed by atoms with Crippen molar-refractivity contribution in [2.75, 3.05) is 17.2 Å². The van der Waals surface area contributed by atoms with Crippen LogP contribution in [0.4, 0.5) is 16.2 Å². The van der Waals surface area contributed by atoms with Crippen molar-refractivity contribution in [1.82, 2.24) is 5.32 Å². The minimum atomic E-state index is -0.648. The van der Waals surface area contributed by atoms with Gasteiger partial charge in [0.2, 0.25) is 5.91 Å². The number of nitrogens with two attached hydrogens (primary N) is 1. The Hall–Kier alpha value is -2.55. The molecule has 0 saturated heterocycles. The molecule has 0 aromatic heterocycles. The first-order valence-electron chi connectivity index (χ1n) is 4.87. The predicted octanol–water partition coefficient (Wildman–Crippen LogP) is 0.855. The van der Waals surface area contributed by atoms with Gasteiger partial charge in [0, 0.05) is 12.6 Å². The third-order valence-corrected chi connectivity index (χ3v) is 1.97. The number of anilines is 2. The van der Waals surface area contributed by atoms with Crippen LogP contribution >= 0.6 is 0 Å². The molecule has 0 unspecified atom stereocenters. The van der Waals surface area contributed by atoms with Gasteiger partial charge >= 0.3 is 6.03 Å². The average Bonchev–Trinajstić information content (AvgIpc) is 2.26. The lowest BCUT2D eigenvalue weighted by atomic mass is 10.2. The summed E-state index contributed by atoms with van der Waals surface area (Å²) in [5.41, 5.74) is 6.39. The van der Waals surface area contributed by atoms with E-state index in [4.69, 9.17) is 11.0 Å². The number of rotatable bonds is 2. The molecule has 0 aliphatic heterocycles. The molecule has 0 spiro atoms. The molecule has 0 saturated carbocycles. The van der Waals surface area contributed by atoms with Crippen molar-refractivity contribution in [2.45, 2.75) is 6.92 Å². The normalized spacial score (nSPS) is 9.18. The third kappa shape index (κ3) is 3.21. The summed E-state index contributed by atoms with van der Waals surface area (Å²) in [5, 5.41) is 10.7. The van der Waals surface area contributed by atoms with Crippen LogP contribution in [-0.4, -0.2) is 18.5 Å². The Bertz CT molecular complexity index is 479. The van der Waals surface area contributed by atoms with Crippen molar-refractivity contribution < 1.29 is 9.59 Å². The number of urea groups is 1. The number of carbonyl (C=O) groups is 2. The van der Waals surface area contributed by atoms with Crippen LogP contribution in [0.3, 0.4) is 0 Å². The molecule has 6 nitrogen and oxygen atoms in total. The highest BCUT2D eigenvalue weighted by molar-refractivity contribution is 6.13. The van der Waals surface area contributed by atoms with E-state index in [1.807, 2.05) is 0 Å². The van der Waals surface area contributed by atoms with E-state index in [0.29, 0.717) is 11.4 Å². The summed E-state index contributed by atoms with van der Waals surface area (Å²) in [6.45, 7) is 1.10. The quantitative estimate of drug-likeness (QED) is 0.583. The van der Waals surface area contributed by atoms with E-state index in [-0.39, 0.29) is 6.54 Å². The predicted molar refractivity (Wildman–Crippen MR) is 63.0 cm³/mol. The number of carbonyl (C=O) groups excluding carboxylic acids is 2. The Morgan fingerprint density at radius 1 is 1.53 bits per heavy atom. The van der Waals surface area contributed by atoms with E-state index in [1.54, 1.807) is 24.3 Å². The molecule has 88 valence electrons. The lowest BCUT2D eigenvalue weighted by Crippen LogP contribution is -2.43. The van der Waals surface area contributed by atoms with Crippen LogP contribution in [0, 0.1) is 11.3 Å². The highest BCUT2D eigenvalue weighted by Crippen LogP contribution is 2.17. The van der Waals surface area contributed by atoms with Gasteiger partial charge in [-0.2, -0.15) is 5.26 Å². The van der Waals surface area contributed by atoms with E-state index in [0.717, 1.165) is 4.90 Å². The van der Waals surface area contributed by atoms with Gasteiger partial charge in [0.05, 0.1) is 11.8 Å². The monoisotopic (exact) mass is 232 g/mol. The summed E-state index contributed by atoms with van der Waals surface area (Å²) in [5.74, 6) is -0.453. The molecular weight excluding hydrogens is 220 g/mol. The van der Waals surface area contributed by atoms with E-state index in [2.05, 4.69) is 5.32 Å². The number of nitriles is 1. The number of nitrogens with one attached hydrogen (secondary N) is 1. The fraction of sp³-hybridized carbons (Fsp3) is 0.182. The molecule has 6 heteroatoms. The second-order valence-corrected chi connectivity index (χ2v) is 3.27. The smallest absolute Gasteiger partial charge is 0.329 e. The van der Waals surface area contributed by atoms with Crippen LogP contribution in [0.1, 0.15) is 6.92 Å². The zero-order valence-corrected chi connectivity index (χ0v) is 9.30. The van der Waals surface area contributed by atoms with Gasteiger partial charge < -0.3 is 11.1 Å². The fourth-order valence-corrected chi connectivity index (χ4v) is 1.30. The van der Waals surface area contributed by atoms with Crippen molar-refractivity contribution in [3.63, 3.8) is 0 Å². The summed E-state index contributed by atoms with van der Waals surface area (Å²) >= 11 is 0. The van der Waals surface area contributed by atoms with Gasteiger partial charge in [-0.1, -0.05) is 6.07 Å². The van der Waals surface area contributed by atoms with Crippen LogP contribution < -0.4 is 16.0 Å². The fourth-order valence-electron chi connectivity index (χ4n) is 1.30. The van der Waals surface area contributed by atoms with Gasteiger partial charge in [0.15, 0.2) is 0 Å². The Morgan fingerprint density at radius 2 is 2.24 bits per heavy atom. The first kappa shape index (κ1) is 12.5. The second kappa shape index (κ2) is 5.51. The SMILES string of the molecule is CC(=O)N(C(=O)NCC#N)c1cccc(N)c1. The largest absolute Gasteiger partial charge is 0.399 e. The number of hydrogen-bond donors (Lipinski definition) is 2. The summed E-state index contributed by atoms with van der Waals surface area (Å²) in [4.78, 5) is 24.0. The standard InChI is InChI=1S/C11H12N4O2/c1-8(16)15(11(17)14-6-5-12)10-4-2-3-9(13)7-10/h2-4,7H,6,13H2,1H3,(H,14,17). The number of amides is 3. The Kier molecular flexibility index (Phi) is 4.06. The van der Waals surface area contributed by atoms with Gasteiger partial charge in [0.1, 0.15) is 6.54 Å². The van der Waals surface area contributed by atoms with Crippen molar-refractivity contribution in [3.05, 3.63) is 24.3 Å². The molecule has 0 aliphatic carbocycles. The lowest BCUT2D eigenvalue weighted by molar-refractivity contribution is -0.115. The zero-order chi connectivity index (χ0) is 12.8. The first-order valence-corrected chi connectivity index (χ1v) is 4.87. The zero-order valence-electron chi connectivity index (χ0n) is 9.30. The molecule has 1 aromatic carbocycles. The second-order valence-electron chi connectivity index (χ2n) is 3.27. The van der Waals surface area contributed by atoms with Crippen molar-refractivity contribution in [3.8, 4) is 6.07 Å². The topological polar surface area (TPSA) is 99.2 Å². The van der Waals surface area contributed by atoms with E-state index < -0.39 is 11.9 Å². The average molecular weight is 232 g/mol. The van der Waals surface area contributed by atoms with Crippen LogP contribution in [0.2, 0.25) is 0 Å². The molecule has 0 fully saturated rings. The maximum absolute atomic E-state index is 11.7. The molecule has 17 heavy (non-hydrogen) atoms.